The predicted octanol–water partition coefficient (Wildman–Crippen LogP) is 0.0852. The van der Waals surface area contributed by atoms with Crippen molar-refractivity contribution in [3.63, 3.8) is 0 Å². The van der Waals surface area contributed by atoms with Crippen LogP contribution in [0.3, 0.4) is 0 Å². The lowest BCUT2D eigenvalue weighted by Crippen LogP contribution is -2.12. The van der Waals surface area contributed by atoms with E-state index in [0.29, 0.717) is 15.8 Å². The van der Waals surface area contributed by atoms with Crippen LogP contribution in [0.2, 0.25) is 0 Å². The zero-order valence-electron chi connectivity index (χ0n) is 7.64. The lowest BCUT2D eigenvalue weighted by molar-refractivity contribution is 0.100. The van der Waals surface area contributed by atoms with Gasteiger partial charge in [-0.25, -0.2) is 9.97 Å². The van der Waals surface area contributed by atoms with Crippen molar-refractivity contribution in [1.29, 1.82) is 0 Å². The third-order valence-corrected chi connectivity index (χ3v) is 2.71. The van der Waals surface area contributed by atoms with E-state index in [9.17, 15) is 4.79 Å². The molecule has 7 heteroatoms. The van der Waals surface area contributed by atoms with E-state index >= 15 is 0 Å². The molecule has 0 aliphatic heterocycles. The first-order valence-electron chi connectivity index (χ1n) is 4.09. The molecule has 0 aliphatic rings. The third-order valence-electron chi connectivity index (χ3n) is 1.82. The number of amides is 1. The highest BCUT2D eigenvalue weighted by atomic mass is 32.1. The molecule has 0 spiro atoms. The van der Waals surface area contributed by atoms with E-state index < -0.39 is 5.91 Å². The number of hydrogen-bond donors (Lipinski definition) is 2. The first-order chi connectivity index (χ1) is 7.24. The van der Waals surface area contributed by atoms with Gasteiger partial charge in [0.05, 0.1) is 10.9 Å². The molecular formula is C8H8N4O2S. The van der Waals surface area contributed by atoms with Crippen LogP contribution in [0.4, 0.5) is 0 Å². The van der Waals surface area contributed by atoms with Crippen LogP contribution in [0.25, 0.3) is 10.2 Å². The fraction of sp³-hybridized carbons (Fsp3) is 0.125. The molecular weight excluding hydrogens is 216 g/mol. The van der Waals surface area contributed by atoms with Crippen LogP contribution >= 0.6 is 11.3 Å². The van der Waals surface area contributed by atoms with Crippen LogP contribution in [0, 0.1) is 0 Å². The molecule has 2 aromatic rings. The summed E-state index contributed by atoms with van der Waals surface area (Å²) >= 11 is 1.31. The standard InChI is InChI=1S/C8H8N4O2S/c9-2-14-7-5-4(6(10)13)1-15-8(5)12-3-11-7/h1,3H,2,9H2,(H2,10,13). The van der Waals surface area contributed by atoms with E-state index in [2.05, 4.69) is 9.97 Å². The molecule has 0 radical (unpaired) electrons. The van der Waals surface area contributed by atoms with Crippen molar-refractivity contribution >= 4 is 27.5 Å². The molecule has 0 atom stereocenters. The van der Waals surface area contributed by atoms with Gasteiger partial charge in [0.2, 0.25) is 11.8 Å². The summed E-state index contributed by atoms with van der Waals surface area (Å²) in [4.78, 5) is 19.7. The van der Waals surface area contributed by atoms with Gasteiger partial charge in [-0.1, -0.05) is 0 Å². The summed E-state index contributed by atoms with van der Waals surface area (Å²) in [5.74, 6) is -0.240. The molecule has 78 valence electrons. The molecule has 2 rings (SSSR count). The van der Waals surface area contributed by atoms with Crippen LogP contribution in [0.1, 0.15) is 10.4 Å². The number of carbonyl (C=O) groups is 1. The maximum atomic E-state index is 11.1. The van der Waals surface area contributed by atoms with Gasteiger partial charge in [-0.05, 0) is 0 Å². The highest BCUT2D eigenvalue weighted by Crippen LogP contribution is 2.29. The minimum atomic E-state index is -0.530. The van der Waals surface area contributed by atoms with Gasteiger partial charge in [-0.15, -0.1) is 11.3 Å². The topological polar surface area (TPSA) is 104 Å². The number of aromatic nitrogens is 2. The van der Waals surface area contributed by atoms with Gasteiger partial charge in [0.25, 0.3) is 0 Å². The zero-order chi connectivity index (χ0) is 10.8. The molecule has 15 heavy (non-hydrogen) atoms. The molecule has 0 aromatic carbocycles. The fourth-order valence-electron chi connectivity index (χ4n) is 1.22. The highest BCUT2D eigenvalue weighted by Gasteiger charge is 2.15. The maximum Gasteiger partial charge on any atom is 0.250 e. The molecule has 0 unspecified atom stereocenters. The number of rotatable bonds is 3. The van der Waals surface area contributed by atoms with Gasteiger partial charge in [0.15, 0.2) is 0 Å². The number of nitrogens with two attached hydrogens (primary N) is 2. The minimum Gasteiger partial charge on any atom is -0.461 e. The molecule has 0 fully saturated rings. The summed E-state index contributed by atoms with van der Waals surface area (Å²) in [5.41, 5.74) is 10.8. The van der Waals surface area contributed by atoms with Crippen molar-refractivity contribution in [2.45, 2.75) is 0 Å². The number of thiophene rings is 1. The van der Waals surface area contributed by atoms with Crippen LogP contribution in [-0.4, -0.2) is 22.6 Å². The van der Waals surface area contributed by atoms with Crippen molar-refractivity contribution < 1.29 is 9.53 Å². The number of hydrogen-bond acceptors (Lipinski definition) is 6. The summed E-state index contributed by atoms with van der Waals surface area (Å²) < 4.78 is 5.09. The zero-order valence-corrected chi connectivity index (χ0v) is 8.45. The van der Waals surface area contributed by atoms with E-state index in [1.807, 2.05) is 0 Å². The Morgan fingerprint density at radius 2 is 2.33 bits per heavy atom. The Hall–Kier alpha value is -1.73. The summed E-state index contributed by atoms with van der Waals surface area (Å²) in [6.45, 7) is -0.0137. The Bertz CT molecular complexity index is 510. The van der Waals surface area contributed by atoms with Crippen LogP contribution in [0.15, 0.2) is 11.7 Å². The summed E-state index contributed by atoms with van der Waals surface area (Å²) in [6, 6.07) is 0. The van der Waals surface area contributed by atoms with Crippen molar-refractivity contribution in [1.82, 2.24) is 9.97 Å². The van der Waals surface area contributed by atoms with Gasteiger partial charge in [-0.2, -0.15) is 0 Å². The van der Waals surface area contributed by atoms with Gasteiger partial charge >= 0.3 is 0 Å². The van der Waals surface area contributed by atoms with Crippen LogP contribution in [0.5, 0.6) is 5.88 Å². The van der Waals surface area contributed by atoms with E-state index in [-0.39, 0.29) is 12.6 Å². The average Bonchev–Trinajstić information content (AvgIpc) is 2.62. The lowest BCUT2D eigenvalue weighted by atomic mass is 10.2. The van der Waals surface area contributed by atoms with Crippen molar-refractivity contribution in [3.05, 3.63) is 17.3 Å². The van der Waals surface area contributed by atoms with Gasteiger partial charge < -0.3 is 10.5 Å². The monoisotopic (exact) mass is 224 g/mol. The Morgan fingerprint density at radius 3 is 3.00 bits per heavy atom. The molecule has 0 bridgehead atoms. The third kappa shape index (κ3) is 1.62. The molecule has 0 saturated carbocycles. The molecule has 0 aliphatic carbocycles. The second-order valence-corrected chi connectivity index (χ2v) is 3.54. The molecule has 2 heterocycles. The number of primary amides is 1. The number of ether oxygens (including phenoxy) is 1. The largest absolute Gasteiger partial charge is 0.461 e. The first-order valence-corrected chi connectivity index (χ1v) is 4.97. The van der Waals surface area contributed by atoms with Crippen LogP contribution in [-0.2, 0) is 0 Å². The Morgan fingerprint density at radius 1 is 1.53 bits per heavy atom. The normalized spacial score (nSPS) is 10.5. The summed E-state index contributed by atoms with van der Waals surface area (Å²) in [5, 5.41) is 2.16. The van der Waals surface area contributed by atoms with Crippen molar-refractivity contribution in [2.24, 2.45) is 11.5 Å². The lowest BCUT2D eigenvalue weighted by Gasteiger charge is -2.02. The van der Waals surface area contributed by atoms with Gasteiger partial charge in [0, 0.05) is 5.38 Å². The molecule has 4 N–H and O–H groups in total. The summed E-state index contributed by atoms with van der Waals surface area (Å²) in [6.07, 6.45) is 1.36. The maximum absolute atomic E-state index is 11.1. The molecule has 0 saturated heterocycles. The predicted molar refractivity (Wildman–Crippen MR) is 55.6 cm³/mol. The van der Waals surface area contributed by atoms with E-state index in [1.54, 1.807) is 5.38 Å². The Balaban J connectivity index is 2.69. The quantitative estimate of drug-likeness (QED) is 0.719. The second-order valence-electron chi connectivity index (χ2n) is 2.68. The van der Waals surface area contributed by atoms with Crippen LogP contribution < -0.4 is 16.2 Å². The number of nitrogens with zero attached hydrogens (tertiary/aromatic N) is 2. The van der Waals surface area contributed by atoms with Gasteiger partial charge in [-0.3, -0.25) is 10.5 Å². The smallest absolute Gasteiger partial charge is 0.250 e. The molecule has 2 aromatic heterocycles. The van der Waals surface area contributed by atoms with Gasteiger partial charge in [0.1, 0.15) is 17.9 Å². The number of fused-ring (bicyclic) bond motifs is 1. The average molecular weight is 224 g/mol. The fourth-order valence-corrected chi connectivity index (χ4v) is 2.10. The SMILES string of the molecule is NCOc1ncnc2scc(C(N)=O)c12. The Kier molecular flexibility index (Phi) is 2.48. The first kappa shape index (κ1) is 9.81. The van der Waals surface area contributed by atoms with E-state index in [0.717, 1.165) is 0 Å². The molecule has 1 amide bonds. The highest BCUT2D eigenvalue weighted by molar-refractivity contribution is 7.17. The Labute approximate surface area is 88.9 Å². The molecule has 6 nitrogen and oxygen atoms in total. The van der Waals surface area contributed by atoms with E-state index in [1.165, 1.54) is 17.7 Å². The van der Waals surface area contributed by atoms with Crippen molar-refractivity contribution in [3.8, 4) is 5.88 Å². The minimum absolute atomic E-state index is 0.0137. The summed E-state index contributed by atoms with van der Waals surface area (Å²) in [7, 11) is 0. The number of carbonyl (C=O) groups excluding carboxylic acids is 1. The second kappa shape index (κ2) is 3.79. The van der Waals surface area contributed by atoms with Crippen molar-refractivity contribution in [2.75, 3.05) is 6.73 Å². The van der Waals surface area contributed by atoms with E-state index in [4.69, 9.17) is 16.2 Å².